The third kappa shape index (κ3) is 1.36. The fourth-order valence-electron chi connectivity index (χ4n) is 1.35. The molecule has 4 heteroatoms. The molecule has 0 radical (unpaired) electrons. The van der Waals surface area contributed by atoms with E-state index in [0.29, 0.717) is 17.5 Å². The van der Waals surface area contributed by atoms with Crippen LogP contribution in [0.4, 0.5) is 0 Å². The van der Waals surface area contributed by atoms with Crippen LogP contribution in [-0.2, 0) is 6.42 Å². The summed E-state index contributed by atoms with van der Waals surface area (Å²) in [6, 6.07) is 5.41. The largest absolute Gasteiger partial charge is 0.417 e. The first-order valence-corrected chi connectivity index (χ1v) is 4.03. The Morgan fingerprint density at radius 2 is 2.31 bits per heavy atom. The lowest BCUT2D eigenvalue weighted by Crippen LogP contribution is -1.92. The van der Waals surface area contributed by atoms with E-state index in [1.807, 2.05) is 12.1 Å². The average Bonchev–Trinajstić information content (AvgIpc) is 2.47. The molecule has 4 nitrogen and oxygen atoms in total. The summed E-state index contributed by atoms with van der Waals surface area (Å²) < 4.78 is 4.93. The topological polar surface area (TPSA) is 66.2 Å². The first-order chi connectivity index (χ1) is 6.31. The molecule has 0 unspecified atom stereocenters. The lowest BCUT2D eigenvalue weighted by atomic mass is 10.1. The number of aromatic amines is 1. The van der Waals surface area contributed by atoms with Crippen molar-refractivity contribution < 1.29 is 9.52 Å². The highest BCUT2D eigenvalue weighted by atomic mass is 16.4. The van der Waals surface area contributed by atoms with Gasteiger partial charge in [-0.1, -0.05) is 12.1 Å². The molecule has 1 aromatic carbocycles. The molecule has 1 aromatic heterocycles. The van der Waals surface area contributed by atoms with Crippen molar-refractivity contribution in [3.63, 3.8) is 0 Å². The summed E-state index contributed by atoms with van der Waals surface area (Å²) in [5, 5.41) is 8.76. The van der Waals surface area contributed by atoms with Gasteiger partial charge in [0.1, 0.15) is 0 Å². The van der Waals surface area contributed by atoms with Crippen molar-refractivity contribution in [3.8, 4) is 0 Å². The van der Waals surface area contributed by atoms with Crippen LogP contribution < -0.4 is 5.76 Å². The molecule has 0 fully saturated rings. The van der Waals surface area contributed by atoms with E-state index >= 15 is 0 Å². The van der Waals surface area contributed by atoms with Crippen molar-refractivity contribution in [1.29, 1.82) is 0 Å². The molecule has 0 aliphatic heterocycles. The minimum Gasteiger partial charge on any atom is -0.408 e. The summed E-state index contributed by atoms with van der Waals surface area (Å²) >= 11 is 0. The minimum absolute atomic E-state index is 0.0496. The van der Waals surface area contributed by atoms with E-state index in [4.69, 9.17) is 9.52 Å². The Morgan fingerprint density at radius 1 is 1.46 bits per heavy atom. The van der Waals surface area contributed by atoms with Gasteiger partial charge < -0.3 is 9.52 Å². The number of aromatic nitrogens is 1. The number of hydrogen-bond donors (Lipinski definition) is 2. The lowest BCUT2D eigenvalue weighted by Gasteiger charge is -1.96. The Balaban J connectivity index is 2.67. The number of aliphatic hydroxyl groups is 1. The summed E-state index contributed by atoms with van der Waals surface area (Å²) in [7, 11) is 0. The lowest BCUT2D eigenvalue weighted by molar-refractivity contribution is 0.299. The summed E-state index contributed by atoms with van der Waals surface area (Å²) in [5.41, 5.74) is 2.07. The molecule has 2 N–H and O–H groups in total. The fourth-order valence-corrected chi connectivity index (χ4v) is 1.35. The minimum atomic E-state index is -0.458. The van der Waals surface area contributed by atoms with Gasteiger partial charge in [0, 0.05) is 6.61 Å². The number of hydrogen-bond acceptors (Lipinski definition) is 3. The molecule has 0 aliphatic rings. The van der Waals surface area contributed by atoms with Crippen molar-refractivity contribution in [2.75, 3.05) is 6.61 Å². The molecule has 2 aromatic rings. The molecule has 1 heterocycles. The Labute approximate surface area is 73.8 Å². The van der Waals surface area contributed by atoms with Gasteiger partial charge >= 0.3 is 5.76 Å². The number of fused-ring (bicyclic) bond motifs is 1. The number of rotatable bonds is 2. The SMILES string of the molecule is O=c1[nH]c2cccc(CCO)c2o1. The maximum absolute atomic E-state index is 10.9. The average molecular weight is 179 g/mol. The van der Waals surface area contributed by atoms with Crippen LogP contribution in [0.3, 0.4) is 0 Å². The van der Waals surface area contributed by atoms with Crippen molar-refractivity contribution in [3.05, 3.63) is 34.3 Å². The van der Waals surface area contributed by atoms with Crippen LogP contribution in [-0.4, -0.2) is 16.7 Å². The second-order valence-corrected chi connectivity index (χ2v) is 2.78. The van der Waals surface area contributed by atoms with Gasteiger partial charge in [-0.25, -0.2) is 4.79 Å². The van der Waals surface area contributed by atoms with E-state index in [0.717, 1.165) is 5.56 Å². The number of benzene rings is 1. The van der Waals surface area contributed by atoms with Gasteiger partial charge in [-0.3, -0.25) is 4.98 Å². The van der Waals surface area contributed by atoms with E-state index in [-0.39, 0.29) is 6.61 Å². The van der Waals surface area contributed by atoms with Crippen LogP contribution in [0.5, 0.6) is 0 Å². The van der Waals surface area contributed by atoms with Crippen LogP contribution in [0.25, 0.3) is 11.1 Å². The quantitative estimate of drug-likeness (QED) is 0.711. The smallest absolute Gasteiger partial charge is 0.408 e. The van der Waals surface area contributed by atoms with E-state index in [2.05, 4.69) is 4.98 Å². The normalized spacial score (nSPS) is 10.8. The number of oxazole rings is 1. The van der Waals surface area contributed by atoms with Gasteiger partial charge in [-0.15, -0.1) is 0 Å². The van der Waals surface area contributed by atoms with Gasteiger partial charge in [0.05, 0.1) is 5.52 Å². The molecule has 13 heavy (non-hydrogen) atoms. The molecule has 0 spiro atoms. The summed E-state index contributed by atoms with van der Waals surface area (Å²) in [5.74, 6) is -0.458. The fraction of sp³-hybridized carbons (Fsp3) is 0.222. The zero-order valence-electron chi connectivity index (χ0n) is 6.91. The summed E-state index contributed by atoms with van der Waals surface area (Å²) in [6.07, 6.45) is 0.498. The van der Waals surface area contributed by atoms with Gasteiger partial charge in [0.25, 0.3) is 0 Å². The van der Waals surface area contributed by atoms with Crippen LogP contribution in [0.1, 0.15) is 5.56 Å². The molecule has 0 amide bonds. The molecular weight excluding hydrogens is 170 g/mol. The van der Waals surface area contributed by atoms with Crippen molar-refractivity contribution >= 4 is 11.1 Å². The maximum atomic E-state index is 10.9. The highest BCUT2D eigenvalue weighted by Crippen LogP contribution is 2.15. The molecular formula is C9H9NO3. The van der Waals surface area contributed by atoms with Crippen molar-refractivity contribution in [2.24, 2.45) is 0 Å². The van der Waals surface area contributed by atoms with Crippen molar-refractivity contribution in [1.82, 2.24) is 4.98 Å². The standard InChI is InChI=1S/C9H9NO3/c11-5-4-6-2-1-3-7-8(6)13-9(12)10-7/h1-3,11H,4-5H2,(H,10,12). The van der Waals surface area contributed by atoms with E-state index < -0.39 is 5.76 Å². The first-order valence-electron chi connectivity index (χ1n) is 4.03. The van der Waals surface area contributed by atoms with Gasteiger partial charge in [-0.2, -0.15) is 0 Å². The summed E-state index contributed by atoms with van der Waals surface area (Å²) in [4.78, 5) is 13.4. The first kappa shape index (κ1) is 8.07. The highest BCUT2D eigenvalue weighted by Gasteiger charge is 2.05. The van der Waals surface area contributed by atoms with Gasteiger partial charge in [0.15, 0.2) is 5.58 Å². The number of H-pyrrole nitrogens is 1. The van der Waals surface area contributed by atoms with Crippen LogP contribution in [0, 0.1) is 0 Å². The number of aliphatic hydroxyl groups excluding tert-OH is 1. The van der Waals surface area contributed by atoms with Crippen molar-refractivity contribution in [2.45, 2.75) is 6.42 Å². The van der Waals surface area contributed by atoms with E-state index in [9.17, 15) is 4.79 Å². The number of para-hydroxylation sites is 1. The Morgan fingerprint density at radius 3 is 3.08 bits per heavy atom. The monoisotopic (exact) mass is 179 g/mol. The molecule has 0 saturated heterocycles. The Kier molecular flexibility index (Phi) is 1.90. The molecule has 2 rings (SSSR count). The van der Waals surface area contributed by atoms with Gasteiger partial charge in [0.2, 0.25) is 0 Å². The molecule has 0 aliphatic carbocycles. The Bertz CT molecular complexity index is 469. The second-order valence-electron chi connectivity index (χ2n) is 2.78. The molecule has 68 valence electrons. The number of nitrogens with one attached hydrogen (secondary N) is 1. The molecule has 0 atom stereocenters. The third-order valence-electron chi connectivity index (χ3n) is 1.91. The predicted molar refractivity (Wildman–Crippen MR) is 47.6 cm³/mol. The molecule has 0 saturated carbocycles. The predicted octanol–water partition coefficient (Wildman–Crippen LogP) is 0.656. The van der Waals surface area contributed by atoms with Crippen LogP contribution in [0.2, 0.25) is 0 Å². The van der Waals surface area contributed by atoms with E-state index in [1.54, 1.807) is 6.07 Å². The van der Waals surface area contributed by atoms with Crippen LogP contribution in [0.15, 0.2) is 27.4 Å². The Hall–Kier alpha value is -1.55. The highest BCUT2D eigenvalue weighted by molar-refractivity contribution is 5.75. The van der Waals surface area contributed by atoms with E-state index in [1.165, 1.54) is 0 Å². The maximum Gasteiger partial charge on any atom is 0.417 e. The zero-order chi connectivity index (χ0) is 9.26. The summed E-state index contributed by atoms with van der Waals surface area (Å²) in [6.45, 7) is 0.0496. The van der Waals surface area contributed by atoms with Gasteiger partial charge in [-0.05, 0) is 18.1 Å². The third-order valence-corrected chi connectivity index (χ3v) is 1.91. The van der Waals surface area contributed by atoms with Crippen LogP contribution >= 0.6 is 0 Å². The zero-order valence-corrected chi connectivity index (χ0v) is 6.91. The molecule has 0 bridgehead atoms. The second kappa shape index (κ2) is 3.06.